The third kappa shape index (κ3) is 7.33. The van der Waals surface area contributed by atoms with Gasteiger partial charge in [-0.2, -0.15) is 0 Å². The predicted molar refractivity (Wildman–Crippen MR) is 138 cm³/mol. The van der Waals surface area contributed by atoms with E-state index in [2.05, 4.69) is 10.1 Å². The smallest absolute Gasteiger partial charge is 0.406 e. The van der Waals surface area contributed by atoms with E-state index >= 15 is 0 Å². The Morgan fingerprint density at radius 3 is 2.11 bits per heavy atom. The lowest BCUT2D eigenvalue weighted by Gasteiger charge is -2.15. The number of ether oxygens (including phenoxy) is 1. The lowest BCUT2D eigenvalue weighted by Crippen LogP contribution is -2.24. The Labute approximate surface area is 216 Å². The number of carbonyl (C=O) groups is 1. The fraction of sp³-hybridized carbons (Fsp3) is 0.214. The first-order valence-electron chi connectivity index (χ1n) is 11.7. The standard InChI is InChI=1S/C28H26F3N3O2S/c1-20(35)32-17-8-18-34-25(21-13-15-24(16-14-21)36-28(29,30)31)19-37-27(34)33-26(22-9-4-2-5-10-22)23-11-6-3-7-12-23/h2-7,9-16,19,26H,8,17-18H2,1H3,(H,32,35). The van der Waals surface area contributed by atoms with E-state index in [-0.39, 0.29) is 17.7 Å². The fourth-order valence-electron chi connectivity index (χ4n) is 3.93. The van der Waals surface area contributed by atoms with Crippen LogP contribution in [0, 0.1) is 0 Å². The van der Waals surface area contributed by atoms with Crippen LogP contribution in [0.5, 0.6) is 5.75 Å². The van der Waals surface area contributed by atoms with Gasteiger partial charge in [0, 0.05) is 25.4 Å². The molecule has 0 aliphatic carbocycles. The average molecular weight is 526 g/mol. The van der Waals surface area contributed by atoms with E-state index in [4.69, 9.17) is 4.99 Å². The van der Waals surface area contributed by atoms with Crippen LogP contribution in [0.4, 0.5) is 13.2 Å². The minimum Gasteiger partial charge on any atom is -0.406 e. The third-order valence-electron chi connectivity index (χ3n) is 5.58. The first kappa shape index (κ1) is 26.2. The summed E-state index contributed by atoms with van der Waals surface area (Å²) in [6.07, 6.45) is -4.09. The molecule has 4 aromatic rings. The van der Waals surface area contributed by atoms with Crippen molar-refractivity contribution in [3.63, 3.8) is 0 Å². The van der Waals surface area contributed by atoms with E-state index in [0.29, 0.717) is 19.5 Å². The Bertz CT molecular complexity index is 1330. The number of nitrogens with one attached hydrogen (secondary N) is 1. The van der Waals surface area contributed by atoms with Crippen LogP contribution < -0.4 is 14.9 Å². The van der Waals surface area contributed by atoms with Crippen LogP contribution in [-0.4, -0.2) is 23.4 Å². The quantitative estimate of drug-likeness (QED) is 0.260. The molecule has 1 amide bonds. The second-order valence-electron chi connectivity index (χ2n) is 8.32. The maximum Gasteiger partial charge on any atom is 0.573 e. The number of hydrogen-bond acceptors (Lipinski definition) is 4. The number of halogens is 3. The second kappa shape index (κ2) is 11.9. The highest BCUT2D eigenvalue weighted by molar-refractivity contribution is 7.07. The molecule has 0 atom stereocenters. The number of thiazole rings is 1. The van der Waals surface area contributed by atoms with Crippen molar-refractivity contribution < 1.29 is 22.7 Å². The van der Waals surface area contributed by atoms with Crippen molar-refractivity contribution in [1.29, 1.82) is 0 Å². The highest BCUT2D eigenvalue weighted by atomic mass is 32.1. The molecule has 0 spiro atoms. The molecular formula is C28H26F3N3O2S. The molecule has 0 saturated carbocycles. The van der Waals surface area contributed by atoms with Gasteiger partial charge in [0.2, 0.25) is 5.91 Å². The van der Waals surface area contributed by atoms with Gasteiger partial charge in [0.15, 0.2) is 4.80 Å². The molecule has 0 unspecified atom stereocenters. The molecular weight excluding hydrogens is 499 g/mol. The monoisotopic (exact) mass is 525 g/mol. The Morgan fingerprint density at radius 1 is 0.973 bits per heavy atom. The molecule has 9 heteroatoms. The number of aromatic nitrogens is 1. The number of alkyl halides is 3. The molecule has 37 heavy (non-hydrogen) atoms. The molecule has 192 valence electrons. The zero-order chi connectivity index (χ0) is 26.3. The molecule has 0 aliphatic rings. The van der Waals surface area contributed by atoms with Crippen LogP contribution in [0.15, 0.2) is 95.3 Å². The highest BCUT2D eigenvalue weighted by Gasteiger charge is 2.31. The fourth-order valence-corrected chi connectivity index (χ4v) is 4.89. The third-order valence-corrected chi connectivity index (χ3v) is 6.46. The molecule has 0 saturated heterocycles. The minimum absolute atomic E-state index is 0.103. The van der Waals surface area contributed by atoms with Crippen LogP contribution >= 0.6 is 11.3 Å². The maximum absolute atomic E-state index is 12.6. The Kier molecular flexibility index (Phi) is 8.45. The van der Waals surface area contributed by atoms with E-state index in [9.17, 15) is 18.0 Å². The van der Waals surface area contributed by atoms with Crippen molar-refractivity contribution >= 4 is 17.2 Å². The van der Waals surface area contributed by atoms with Crippen LogP contribution in [0.3, 0.4) is 0 Å². The van der Waals surface area contributed by atoms with Gasteiger partial charge < -0.3 is 14.6 Å². The normalized spacial score (nSPS) is 12.1. The summed E-state index contributed by atoms with van der Waals surface area (Å²) in [5.74, 6) is -0.379. The van der Waals surface area contributed by atoms with Crippen molar-refractivity contribution in [2.45, 2.75) is 32.3 Å². The zero-order valence-corrected chi connectivity index (χ0v) is 20.9. The molecule has 0 fully saturated rings. The number of nitrogens with zero attached hydrogens (tertiary/aromatic N) is 2. The van der Waals surface area contributed by atoms with Gasteiger partial charge in [0.1, 0.15) is 11.8 Å². The average Bonchev–Trinajstić information content (AvgIpc) is 3.28. The molecule has 0 aliphatic heterocycles. The number of hydrogen-bond donors (Lipinski definition) is 1. The number of amides is 1. The van der Waals surface area contributed by atoms with E-state index in [1.54, 1.807) is 12.1 Å². The lowest BCUT2D eigenvalue weighted by atomic mass is 9.99. The number of benzene rings is 3. The van der Waals surface area contributed by atoms with Crippen LogP contribution in [0.2, 0.25) is 0 Å². The summed E-state index contributed by atoms with van der Waals surface area (Å²) in [5, 5.41) is 4.75. The van der Waals surface area contributed by atoms with Gasteiger partial charge in [-0.3, -0.25) is 4.79 Å². The van der Waals surface area contributed by atoms with Gasteiger partial charge in [0.25, 0.3) is 0 Å². The topological polar surface area (TPSA) is 55.6 Å². The van der Waals surface area contributed by atoms with E-state index in [1.165, 1.54) is 30.4 Å². The van der Waals surface area contributed by atoms with Crippen LogP contribution in [-0.2, 0) is 11.3 Å². The van der Waals surface area contributed by atoms with Crippen molar-refractivity contribution in [1.82, 2.24) is 9.88 Å². The van der Waals surface area contributed by atoms with Gasteiger partial charge in [-0.05, 0) is 47.4 Å². The summed E-state index contributed by atoms with van der Waals surface area (Å²) in [6, 6.07) is 25.6. The summed E-state index contributed by atoms with van der Waals surface area (Å²) >= 11 is 1.46. The summed E-state index contributed by atoms with van der Waals surface area (Å²) in [7, 11) is 0. The van der Waals surface area contributed by atoms with Gasteiger partial charge in [0.05, 0.1) is 5.69 Å². The zero-order valence-electron chi connectivity index (χ0n) is 20.1. The van der Waals surface area contributed by atoms with Gasteiger partial charge in [-0.25, -0.2) is 4.99 Å². The summed E-state index contributed by atoms with van der Waals surface area (Å²) in [4.78, 5) is 17.2. The Morgan fingerprint density at radius 2 is 1.57 bits per heavy atom. The molecule has 0 bridgehead atoms. The van der Waals surface area contributed by atoms with Crippen molar-refractivity contribution in [3.8, 4) is 17.0 Å². The Balaban J connectivity index is 1.75. The first-order chi connectivity index (χ1) is 17.8. The van der Waals surface area contributed by atoms with E-state index in [0.717, 1.165) is 27.2 Å². The van der Waals surface area contributed by atoms with Crippen molar-refractivity contribution in [2.24, 2.45) is 4.99 Å². The SMILES string of the molecule is CC(=O)NCCCn1c(-c2ccc(OC(F)(F)F)cc2)csc1=NC(c1ccccc1)c1ccccc1. The molecule has 1 N–H and O–H groups in total. The molecule has 3 aromatic carbocycles. The highest BCUT2D eigenvalue weighted by Crippen LogP contribution is 2.29. The predicted octanol–water partition coefficient (Wildman–Crippen LogP) is 6.33. The minimum atomic E-state index is -4.75. The van der Waals surface area contributed by atoms with Crippen LogP contribution in [0.25, 0.3) is 11.3 Å². The molecule has 0 radical (unpaired) electrons. The number of carbonyl (C=O) groups excluding carboxylic acids is 1. The van der Waals surface area contributed by atoms with Crippen molar-refractivity contribution in [2.75, 3.05) is 6.54 Å². The van der Waals surface area contributed by atoms with Crippen LogP contribution in [0.1, 0.15) is 30.5 Å². The van der Waals surface area contributed by atoms with Gasteiger partial charge in [-0.1, -0.05) is 60.7 Å². The molecule has 1 heterocycles. The summed E-state index contributed by atoms with van der Waals surface area (Å²) in [6.45, 7) is 2.53. The van der Waals surface area contributed by atoms with Gasteiger partial charge in [-0.15, -0.1) is 24.5 Å². The van der Waals surface area contributed by atoms with Crippen molar-refractivity contribution in [3.05, 3.63) is 106 Å². The number of rotatable bonds is 9. The molecule has 1 aromatic heterocycles. The first-order valence-corrected chi connectivity index (χ1v) is 12.6. The summed E-state index contributed by atoms with van der Waals surface area (Å²) < 4.78 is 43.9. The molecule has 5 nitrogen and oxygen atoms in total. The van der Waals surface area contributed by atoms with Gasteiger partial charge >= 0.3 is 6.36 Å². The van der Waals surface area contributed by atoms with E-state index in [1.807, 2.05) is 70.6 Å². The van der Waals surface area contributed by atoms with E-state index < -0.39 is 6.36 Å². The maximum atomic E-state index is 12.6. The lowest BCUT2D eigenvalue weighted by molar-refractivity contribution is -0.274. The second-order valence-corrected chi connectivity index (χ2v) is 9.15. The summed E-state index contributed by atoms with van der Waals surface area (Å²) in [5.41, 5.74) is 3.65. The Hall–Kier alpha value is -3.85. The molecule has 4 rings (SSSR count). The largest absolute Gasteiger partial charge is 0.573 e.